The predicted octanol–water partition coefficient (Wildman–Crippen LogP) is 4.49. The van der Waals surface area contributed by atoms with E-state index in [9.17, 15) is 15.0 Å². The number of aryl methyl sites for hydroxylation is 1. The summed E-state index contributed by atoms with van der Waals surface area (Å²) in [4.78, 5) is 12.7. The van der Waals surface area contributed by atoms with Gasteiger partial charge >= 0.3 is 0 Å². The maximum atomic E-state index is 12.7. The molecular formula is C21H20O4. The van der Waals surface area contributed by atoms with E-state index < -0.39 is 5.60 Å². The lowest BCUT2D eigenvalue weighted by Gasteiger charge is -2.29. The van der Waals surface area contributed by atoms with Crippen molar-refractivity contribution < 1.29 is 19.7 Å². The van der Waals surface area contributed by atoms with Crippen molar-refractivity contribution in [2.75, 3.05) is 0 Å². The molecule has 4 heteroatoms. The lowest BCUT2D eigenvalue weighted by Crippen LogP contribution is -2.28. The fourth-order valence-corrected chi connectivity index (χ4v) is 2.67. The molecule has 0 saturated carbocycles. The summed E-state index contributed by atoms with van der Waals surface area (Å²) in [7, 11) is 0. The number of aromatic hydroxyl groups is 2. The van der Waals surface area contributed by atoms with Crippen molar-refractivity contribution in [1.29, 1.82) is 0 Å². The van der Waals surface area contributed by atoms with E-state index in [1.54, 1.807) is 18.2 Å². The summed E-state index contributed by atoms with van der Waals surface area (Å²) in [6.07, 6.45) is 6.58. The van der Waals surface area contributed by atoms with Crippen molar-refractivity contribution in [3.63, 3.8) is 0 Å². The summed E-state index contributed by atoms with van der Waals surface area (Å²) in [6, 6.07) is 8.90. The molecule has 2 aromatic rings. The molecule has 0 aliphatic carbocycles. The zero-order chi connectivity index (χ0) is 18.2. The quantitative estimate of drug-likeness (QED) is 0.640. The molecule has 3 rings (SSSR count). The summed E-state index contributed by atoms with van der Waals surface area (Å²) < 4.78 is 5.84. The van der Waals surface area contributed by atoms with Crippen LogP contribution >= 0.6 is 0 Å². The molecule has 128 valence electrons. The molecule has 25 heavy (non-hydrogen) atoms. The van der Waals surface area contributed by atoms with Crippen LogP contribution in [0.15, 0.2) is 42.5 Å². The molecule has 1 aliphatic rings. The maximum Gasteiger partial charge on any atom is 0.193 e. The standard InChI is InChI=1S/C21H20O4/c1-13-4-6-14(7-5-13)8-9-16(22)19-18(24)12-17(23)15-10-11-21(2,3)25-20(15)19/h4-12,23-24H,1-3H3/b9-8+. The van der Waals surface area contributed by atoms with Crippen molar-refractivity contribution in [2.24, 2.45) is 0 Å². The van der Waals surface area contributed by atoms with Gasteiger partial charge in [0.15, 0.2) is 5.78 Å². The Bertz CT molecular complexity index is 887. The third-order valence-corrected chi connectivity index (χ3v) is 4.04. The fourth-order valence-electron chi connectivity index (χ4n) is 2.67. The van der Waals surface area contributed by atoms with Crippen molar-refractivity contribution >= 4 is 17.9 Å². The van der Waals surface area contributed by atoms with Gasteiger partial charge in [0.1, 0.15) is 28.4 Å². The van der Waals surface area contributed by atoms with Crippen molar-refractivity contribution in [1.82, 2.24) is 0 Å². The molecule has 2 aromatic carbocycles. The summed E-state index contributed by atoms with van der Waals surface area (Å²) in [5.74, 6) is -0.622. The third-order valence-electron chi connectivity index (χ3n) is 4.04. The van der Waals surface area contributed by atoms with Crippen LogP contribution in [0, 0.1) is 6.92 Å². The number of phenols is 2. The topological polar surface area (TPSA) is 66.8 Å². The van der Waals surface area contributed by atoms with E-state index in [0.717, 1.165) is 17.2 Å². The van der Waals surface area contributed by atoms with Crippen molar-refractivity contribution in [3.8, 4) is 17.2 Å². The molecule has 0 fully saturated rings. The molecule has 0 saturated heterocycles. The van der Waals surface area contributed by atoms with Crippen LogP contribution in [0.2, 0.25) is 0 Å². The Hall–Kier alpha value is -3.01. The van der Waals surface area contributed by atoms with Gasteiger partial charge in [-0.2, -0.15) is 0 Å². The van der Waals surface area contributed by atoms with Crippen molar-refractivity contribution in [3.05, 3.63) is 64.7 Å². The second-order valence-corrected chi connectivity index (χ2v) is 6.68. The lowest BCUT2D eigenvalue weighted by molar-refractivity contribution is 0.103. The van der Waals surface area contributed by atoms with E-state index in [1.165, 1.54) is 6.08 Å². The number of carbonyl (C=O) groups is 1. The van der Waals surface area contributed by atoms with E-state index in [4.69, 9.17) is 4.74 Å². The van der Waals surface area contributed by atoms with E-state index >= 15 is 0 Å². The van der Waals surface area contributed by atoms with E-state index in [1.807, 2.05) is 45.0 Å². The smallest absolute Gasteiger partial charge is 0.193 e. The summed E-state index contributed by atoms with van der Waals surface area (Å²) in [5.41, 5.74) is 1.82. The number of fused-ring (bicyclic) bond motifs is 1. The average Bonchev–Trinajstić information content (AvgIpc) is 2.53. The zero-order valence-corrected chi connectivity index (χ0v) is 14.4. The minimum atomic E-state index is -0.636. The highest BCUT2D eigenvalue weighted by molar-refractivity contribution is 6.11. The molecule has 0 radical (unpaired) electrons. The van der Waals surface area contributed by atoms with Crippen LogP contribution in [-0.4, -0.2) is 21.6 Å². The monoisotopic (exact) mass is 336 g/mol. The number of ketones is 1. The van der Waals surface area contributed by atoms with Crippen LogP contribution in [0.5, 0.6) is 17.2 Å². The predicted molar refractivity (Wildman–Crippen MR) is 98.1 cm³/mol. The minimum absolute atomic E-state index is 0.0496. The van der Waals surface area contributed by atoms with Gasteiger partial charge in [0.25, 0.3) is 0 Å². The first kappa shape index (κ1) is 16.8. The highest BCUT2D eigenvalue weighted by Crippen LogP contribution is 2.43. The molecule has 0 unspecified atom stereocenters. The van der Waals surface area contributed by atoms with Gasteiger partial charge < -0.3 is 14.9 Å². The Balaban J connectivity index is 2.01. The Morgan fingerprint density at radius 3 is 2.48 bits per heavy atom. The first-order valence-corrected chi connectivity index (χ1v) is 8.03. The molecule has 0 aromatic heterocycles. The van der Waals surface area contributed by atoms with Crippen LogP contribution in [0.4, 0.5) is 0 Å². The van der Waals surface area contributed by atoms with E-state index in [-0.39, 0.29) is 28.6 Å². The Morgan fingerprint density at radius 1 is 1.12 bits per heavy atom. The Kier molecular flexibility index (Phi) is 4.13. The molecule has 1 heterocycles. The van der Waals surface area contributed by atoms with Crippen LogP contribution in [0.3, 0.4) is 0 Å². The molecule has 1 aliphatic heterocycles. The summed E-state index contributed by atoms with van der Waals surface area (Å²) in [6.45, 7) is 5.67. The van der Waals surface area contributed by atoms with Gasteiger partial charge in [-0.3, -0.25) is 4.79 Å². The van der Waals surface area contributed by atoms with E-state index in [2.05, 4.69) is 0 Å². The molecule has 0 bridgehead atoms. The van der Waals surface area contributed by atoms with Crippen LogP contribution < -0.4 is 4.74 Å². The average molecular weight is 336 g/mol. The number of rotatable bonds is 3. The number of phenolic OH excluding ortho intramolecular Hbond substituents is 2. The largest absolute Gasteiger partial charge is 0.507 e. The third kappa shape index (κ3) is 3.43. The molecule has 0 amide bonds. The van der Waals surface area contributed by atoms with Crippen molar-refractivity contribution in [2.45, 2.75) is 26.4 Å². The van der Waals surface area contributed by atoms with Gasteiger partial charge in [0, 0.05) is 6.07 Å². The van der Waals surface area contributed by atoms with Gasteiger partial charge in [-0.25, -0.2) is 0 Å². The van der Waals surface area contributed by atoms with Gasteiger partial charge in [0.2, 0.25) is 0 Å². The number of hydrogen-bond acceptors (Lipinski definition) is 4. The van der Waals surface area contributed by atoms with Gasteiger partial charge in [-0.15, -0.1) is 0 Å². The van der Waals surface area contributed by atoms with Gasteiger partial charge in [-0.1, -0.05) is 35.9 Å². The molecule has 0 spiro atoms. The highest BCUT2D eigenvalue weighted by atomic mass is 16.5. The molecule has 4 nitrogen and oxygen atoms in total. The highest BCUT2D eigenvalue weighted by Gasteiger charge is 2.29. The molecule has 2 N–H and O–H groups in total. The first-order chi connectivity index (χ1) is 11.8. The number of benzene rings is 2. The Morgan fingerprint density at radius 2 is 1.80 bits per heavy atom. The number of hydrogen-bond donors (Lipinski definition) is 2. The Labute approximate surface area is 146 Å². The van der Waals surface area contributed by atoms with Gasteiger partial charge in [-0.05, 0) is 44.6 Å². The fraction of sp³-hybridized carbons (Fsp3) is 0.190. The molecular weight excluding hydrogens is 316 g/mol. The second-order valence-electron chi connectivity index (χ2n) is 6.68. The van der Waals surface area contributed by atoms with E-state index in [0.29, 0.717) is 5.56 Å². The summed E-state index contributed by atoms with van der Waals surface area (Å²) >= 11 is 0. The minimum Gasteiger partial charge on any atom is -0.507 e. The number of carbonyl (C=O) groups excluding carboxylic acids is 1. The van der Waals surface area contributed by atoms with Crippen LogP contribution in [0.1, 0.15) is 40.9 Å². The maximum absolute atomic E-state index is 12.7. The normalized spacial score (nSPS) is 15.0. The summed E-state index contributed by atoms with van der Waals surface area (Å²) in [5, 5.41) is 20.2. The lowest BCUT2D eigenvalue weighted by atomic mass is 9.96. The van der Waals surface area contributed by atoms with Crippen LogP contribution in [0.25, 0.3) is 12.2 Å². The molecule has 0 atom stereocenters. The van der Waals surface area contributed by atoms with Crippen LogP contribution in [-0.2, 0) is 0 Å². The van der Waals surface area contributed by atoms with Gasteiger partial charge in [0.05, 0.1) is 5.56 Å². The second kappa shape index (κ2) is 6.13. The first-order valence-electron chi connectivity index (χ1n) is 8.03. The zero-order valence-electron chi connectivity index (χ0n) is 14.4. The SMILES string of the molecule is Cc1ccc(/C=C/C(=O)c2c(O)cc(O)c3c2OC(C)(C)C=C3)cc1. The number of allylic oxidation sites excluding steroid dienone is 1. The number of ether oxygens (including phenoxy) is 1.